The van der Waals surface area contributed by atoms with E-state index in [0.29, 0.717) is 30.4 Å². The number of halogens is 5. The van der Waals surface area contributed by atoms with Gasteiger partial charge in [0.05, 0.1) is 59.4 Å². The molecule has 0 spiro atoms. The van der Waals surface area contributed by atoms with Gasteiger partial charge in [0.1, 0.15) is 19.0 Å². The smallest absolute Gasteiger partial charge is 0.416 e. The average molecular weight is 809 g/mol. The van der Waals surface area contributed by atoms with Gasteiger partial charge in [0, 0.05) is 29.2 Å². The number of aryl methyl sites for hydroxylation is 1. The number of aromatic hydroxyl groups is 1. The molecule has 296 valence electrons. The minimum absolute atomic E-state index is 0.0455. The quantitative estimate of drug-likeness (QED) is 0.157. The van der Waals surface area contributed by atoms with Gasteiger partial charge in [-0.1, -0.05) is 23.4 Å². The van der Waals surface area contributed by atoms with Crippen molar-refractivity contribution in [3.05, 3.63) is 97.9 Å². The highest BCUT2D eigenvalue weighted by molar-refractivity contribution is 6.33. The highest BCUT2D eigenvalue weighted by Crippen LogP contribution is 2.35. The molecule has 2 aromatic carbocycles. The zero-order chi connectivity index (χ0) is 40.8. The van der Waals surface area contributed by atoms with Crippen molar-refractivity contribution in [3.63, 3.8) is 0 Å². The molecule has 2 atom stereocenters. The van der Waals surface area contributed by atoms with E-state index in [1.165, 1.54) is 11.5 Å². The number of alkyl halides is 4. The normalized spacial score (nSPS) is 17.8. The number of aliphatic hydroxyl groups is 1. The first kappa shape index (κ1) is 39.3. The number of hydrogen-bond donors (Lipinski definition) is 3. The maximum absolute atomic E-state index is 16.3. The minimum Gasteiger partial charge on any atom is -0.504 e. The number of carbonyl (C=O) groups is 2. The zero-order valence-electron chi connectivity index (χ0n) is 30.3. The molecule has 5 heterocycles. The van der Waals surface area contributed by atoms with Gasteiger partial charge < -0.3 is 29.7 Å². The molecule has 2 aliphatic heterocycles. The van der Waals surface area contributed by atoms with Crippen LogP contribution in [-0.4, -0.2) is 88.5 Å². The van der Waals surface area contributed by atoms with Crippen LogP contribution in [0.1, 0.15) is 57.8 Å². The number of nitrogens with one attached hydrogen (secondary N) is 1. The van der Waals surface area contributed by atoms with Crippen molar-refractivity contribution in [2.24, 2.45) is 5.41 Å². The third kappa shape index (κ3) is 7.77. The lowest BCUT2D eigenvalue weighted by molar-refractivity contribution is -0.137. The van der Waals surface area contributed by atoms with Gasteiger partial charge in [0.2, 0.25) is 11.7 Å². The maximum atomic E-state index is 16.3. The van der Waals surface area contributed by atoms with Gasteiger partial charge >= 0.3 is 6.18 Å². The first-order chi connectivity index (χ1) is 27.1. The Balaban J connectivity index is 1.26. The van der Waals surface area contributed by atoms with Crippen LogP contribution in [0.2, 0.25) is 5.02 Å². The molecule has 0 bridgehead atoms. The SMILES string of the molecule is Cc1ncnc(C(=O)N2CC[C@@H](c3c(CO)n(CC(=O)Nc4ccc(C(F)(F)F)cc4Cl)c4nc(-c5ccc(C#CC6(C)COC6)cc5)nn4c3=O)C(F)C2)c1O. The molecule has 1 unspecified atom stereocenters. The lowest BCUT2D eigenvalue weighted by Gasteiger charge is -2.35. The molecule has 7 rings (SSSR count). The van der Waals surface area contributed by atoms with Crippen molar-refractivity contribution in [3.8, 4) is 29.0 Å². The summed E-state index contributed by atoms with van der Waals surface area (Å²) in [7, 11) is 0. The third-order valence-corrected chi connectivity index (χ3v) is 10.1. The second kappa shape index (κ2) is 15.2. The number of carbonyl (C=O) groups excluding carboxylic acids is 2. The highest BCUT2D eigenvalue weighted by atomic mass is 35.5. The van der Waals surface area contributed by atoms with Crippen LogP contribution in [0.5, 0.6) is 5.75 Å². The van der Waals surface area contributed by atoms with Gasteiger partial charge in [0.25, 0.3) is 11.5 Å². The molecule has 57 heavy (non-hydrogen) atoms. The molecule has 14 nitrogen and oxygen atoms in total. The number of anilines is 1. The predicted octanol–water partition coefficient (Wildman–Crippen LogP) is 4.52. The molecular weight excluding hydrogens is 776 g/mol. The Bertz CT molecular complexity index is 2530. The van der Waals surface area contributed by atoms with E-state index in [-0.39, 0.29) is 58.3 Å². The van der Waals surface area contributed by atoms with Gasteiger partial charge in [-0.15, -0.1) is 5.10 Å². The molecule has 2 saturated heterocycles. The van der Waals surface area contributed by atoms with Crippen molar-refractivity contribution < 1.29 is 42.1 Å². The third-order valence-electron chi connectivity index (χ3n) is 9.81. The number of nitrogens with zero attached hydrogens (tertiary/aromatic N) is 7. The number of hydrogen-bond acceptors (Lipinski definition) is 10. The number of amides is 2. The molecule has 0 saturated carbocycles. The van der Waals surface area contributed by atoms with Gasteiger partial charge in [-0.2, -0.15) is 22.7 Å². The van der Waals surface area contributed by atoms with Crippen molar-refractivity contribution >= 4 is 34.9 Å². The number of rotatable bonds is 7. The molecule has 3 N–H and O–H groups in total. The molecule has 2 aliphatic rings. The Morgan fingerprint density at radius 1 is 1.14 bits per heavy atom. The number of fused-ring (bicyclic) bond motifs is 1. The number of likely N-dealkylation sites (tertiary alicyclic amines) is 1. The van der Waals surface area contributed by atoms with Crippen LogP contribution in [0.3, 0.4) is 0 Å². The average Bonchev–Trinajstić information content (AvgIpc) is 3.62. The van der Waals surface area contributed by atoms with E-state index in [1.54, 1.807) is 24.3 Å². The van der Waals surface area contributed by atoms with Crippen LogP contribution < -0.4 is 10.9 Å². The molecule has 2 fully saturated rings. The molecule has 19 heteroatoms. The summed E-state index contributed by atoms with van der Waals surface area (Å²) in [4.78, 5) is 54.4. The number of ether oxygens (including phenoxy) is 1. The van der Waals surface area contributed by atoms with Crippen molar-refractivity contribution in [2.45, 2.75) is 51.7 Å². The summed E-state index contributed by atoms with van der Waals surface area (Å²) in [5.41, 5.74) is -1.65. The minimum atomic E-state index is -4.68. The van der Waals surface area contributed by atoms with Gasteiger partial charge in [-0.05, 0) is 62.7 Å². The lowest BCUT2D eigenvalue weighted by atomic mass is 9.87. The second-order valence-corrected chi connectivity index (χ2v) is 14.4. The fourth-order valence-corrected chi connectivity index (χ4v) is 6.90. The topological polar surface area (TPSA) is 177 Å². The maximum Gasteiger partial charge on any atom is 0.416 e. The van der Waals surface area contributed by atoms with Crippen LogP contribution in [0.15, 0.2) is 53.6 Å². The van der Waals surface area contributed by atoms with Gasteiger partial charge in [-0.25, -0.2) is 14.4 Å². The van der Waals surface area contributed by atoms with Crippen molar-refractivity contribution in [1.29, 1.82) is 0 Å². The Labute approximate surface area is 326 Å². The van der Waals surface area contributed by atoms with E-state index in [1.807, 2.05) is 6.92 Å². The van der Waals surface area contributed by atoms with Crippen LogP contribution in [0, 0.1) is 24.2 Å². The monoisotopic (exact) mass is 808 g/mol. The van der Waals surface area contributed by atoms with E-state index in [2.05, 4.69) is 37.2 Å². The van der Waals surface area contributed by atoms with E-state index in [9.17, 15) is 37.8 Å². The van der Waals surface area contributed by atoms with E-state index in [4.69, 9.17) is 16.3 Å². The summed E-state index contributed by atoms with van der Waals surface area (Å²) in [6.07, 6.45) is -5.58. The van der Waals surface area contributed by atoms with Gasteiger partial charge in [0.15, 0.2) is 17.3 Å². The lowest BCUT2D eigenvalue weighted by Crippen LogP contribution is -2.46. The molecule has 3 aromatic heterocycles. The fourth-order valence-electron chi connectivity index (χ4n) is 6.67. The standard InChI is InChI=1S/C38H33ClF4N8O6/c1-20-32(54)31(45-19-44-20)35(56)49-12-10-24(26(40)14-49)30-28(16-52)50(15-29(53)46-27-8-7-23(13-25(27)39)38(41,42)43)36-47-33(48-51(36)34(30)55)22-5-3-21(4-6-22)9-11-37(2)17-57-18-37/h3-8,13,19,24,26,52,54H,10,12,14-18H2,1-2H3,(H,46,53)/t24-,26?/m1/s1. The van der Waals surface area contributed by atoms with E-state index < -0.39 is 71.7 Å². The second-order valence-electron chi connectivity index (χ2n) is 14.0. The van der Waals surface area contributed by atoms with Crippen LogP contribution in [0.25, 0.3) is 17.2 Å². The highest BCUT2D eigenvalue weighted by Gasteiger charge is 2.39. The number of benzene rings is 2. The first-order valence-electron chi connectivity index (χ1n) is 17.5. The van der Waals surface area contributed by atoms with Crippen LogP contribution in [0.4, 0.5) is 23.2 Å². The van der Waals surface area contributed by atoms with Gasteiger partial charge in [-0.3, -0.25) is 14.4 Å². The van der Waals surface area contributed by atoms with Crippen molar-refractivity contribution in [1.82, 2.24) is 34.0 Å². The number of aliphatic hydroxyl groups excluding tert-OH is 1. The summed E-state index contributed by atoms with van der Waals surface area (Å²) in [6.45, 7) is 2.40. The molecule has 0 aliphatic carbocycles. The Morgan fingerprint density at radius 3 is 2.51 bits per heavy atom. The summed E-state index contributed by atoms with van der Waals surface area (Å²) in [5, 5.41) is 27.6. The van der Waals surface area contributed by atoms with Crippen LogP contribution in [-0.2, 0) is 28.9 Å². The van der Waals surface area contributed by atoms with E-state index in [0.717, 1.165) is 27.9 Å². The number of piperidine rings is 1. The first-order valence-corrected chi connectivity index (χ1v) is 17.9. The summed E-state index contributed by atoms with van der Waals surface area (Å²) in [6, 6.07) is 9.22. The summed E-state index contributed by atoms with van der Waals surface area (Å²) < 4.78 is 63.4. The molecule has 0 radical (unpaired) electrons. The molecular formula is C38H33ClF4N8O6. The van der Waals surface area contributed by atoms with Crippen LogP contribution >= 0.6 is 11.6 Å². The van der Waals surface area contributed by atoms with Crippen molar-refractivity contribution in [2.75, 3.05) is 31.6 Å². The summed E-state index contributed by atoms with van der Waals surface area (Å²) >= 11 is 6.09. The molecule has 5 aromatic rings. The van der Waals surface area contributed by atoms with E-state index >= 15 is 4.39 Å². The summed E-state index contributed by atoms with van der Waals surface area (Å²) in [5.74, 6) is 2.90. The Hall–Kier alpha value is -5.90. The molecule has 2 amide bonds. The Morgan fingerprint density at radius 2 is 1.88 bits per heavy atom. The zero-order valence-corrected chi connectivity index (χ0v) is 31.0. The fraction of sp³-hybridized carbons (Fsp3) is 0.342. The largest absolute Gasteiger partial charge is 0.504 e. The predicted molar refractivity (Wildman–Crippen MR) is 196 cm³/mol. The Kier molecular flexibility index (Phi) is 10.5. The number of aromatic nitrogens is 6.